The average Bonchev–Trinajstić information content (AvgIpc) is 2.64. The van der Waals surface area contributed by atoms with Crippen LogP contribution in [0.4, 0.5) is 13.2 Å². The molecule has 0 aliphatic rings. The van der Waals surface area contributed by atoms with E-state index < -0.39 is 17.6 Å². The van der Waals surface area contributed by atoms with E-state index in [1.165, 1.54) is 12.1 Å². The van der Waals surface area contributed by atoms with E-state index in [1.54, 1.807) is 18.2 Å². The fraction of sp³-hybridized carbons (Fsp3) is 0.100. The first kappa shape index (κ1) is 17.5. The molecular weight excluding hydrogens is 341 g/mol. The van der Waals surface area contributed by atoms with Crippen molar-refractivity contribution in [2.24, 2.45) is 0 Å². The number of nitrogens with zero attached hydrogens (tertiary/aromatic N) is 1. The van der Waals surface area contributed by atoms with Crippen LogP contribution in [-0.4, -0.2) is 17.4 Å². The minimum atomic E-state index is -4.41. The van der Waals surface area contributed by atoms with Gasteiger partial charge in [0, 0.05) is 10.9 Å². The van der Waals surface area contributed by atoms with E-state index >= 15 is 0 Å². The van der Waals surface area contributed by atoms with Crippen molar-refractivity contribution < 1.29 is 18.0 Å². The SMILES string of the molecule is O=C(NCC#Cc1cccc(C(F)(F)F)c1)c1ccc2ccccc2n1. The summed E-state index contributed by atoms with van der Waals surface area (Å²) < 4.78 is 37.9. The minimum absolute atomic E-state index is 0.00356. The molecule has 0 fully saturated rings. The van der Waals surface area contributed by atoms with Crippen molar-refractivity contribution >= 4 is 16.8 Å². The highest BCUT2D eigenvalue weighted by Crippen LogP contribution is 2.29. The molecule has 2 aromatic carbocycles. The Morgan fingerprint density at radius 1 is 1.04 bits per heavy atom. The van der Waals surface area contributed by atoms with Crippen LogP contribution in [0.3, 0.4) is 0 Å². The number of rotatable bonds is 2. The maximum absolute atomic E-state index is 12.6. The van der Waals surface area contributed by atoms with Crippen molar-refractivity contribution in [2.45, 2.75) is 6.18 Å². The lowest BCUT2D eigenvalue weighted by Crippen LogP contribution is -2.24. The number of para-hydroxylation sites is 1. The molecule has 0 radical (unpaired) electrons. The predicted molar refractivity (Wildman–Crippen MR) is 92.4 cm³/mol. The number of halogens is 3. The first-order valence-electron chi connectivity index (χ1n) is 7.73. The summed E-state index contributed by atoms with van der Waals surface area (Å²) in [7, 11) is 0. The molecule has 6 heteroatoms. The molecule has 0 saturated heterocycles. The molecular formula is C20H13F3N2O. The Labute approximate surface area is 147 Å². The van der Waals surface area contributed by atoms with Gasteiger partial charge in [0.2, 0.25) is 0 Å². The fourth-order valence-electron chi connectivity index (χ4n) is 2.33. The third-order valence-corrected chi connectivity index (χ3v) is 3.59. The van der Waals surface area contributed by atoms with Crippen LogP contribution in [0.25, 0.3) is 10.9 Å². The lowest BCUT2D eigenvalue weighted by atomic mass is 10.1. The van der Waals surface area contributed by atoms with E-state index in [-0.39, 0.29) is 17.8 Å². The standard InChI is InChI=1S/C20H13F3N2O/c21-20(22,23)16-8-3-5-14(13-16)6-4-12-24-19(26)18-11-10-15-7-1-2-9-17(15)25-18/h1-3,5,7-11,13H,12H2,(H,24,26). The minimum Gasteiger partial charge on any atom is -0.340 e. The topological polar surface area (TPSA) is 42.0 Å². The van der Waals surface area contributed by atoms with Gasteiger partial charge in [-0.2, -0.15) is 13.2 Å². The van der Waals surface area contributed by atoms with E-state index in [1.807, 2.05) is 18.2 Å². The Hall–Kier alpha value is -3.33. The van der Waals surface area contributed by atoms with Gasteiger partial charge in [0.25, 0.3) is 5.91 Å². The highest BCUT2D eigenvalue weighted by Gasteiger charge is 2.30. The number of nitrogens with one attached hydrogen (secondary N) is 1. The molecule has 130 valence electrons. The largest absolute Gasteiger partial charge is 0.416 e. The summed E-state index contributed by atoms with van der Waals surface area (Å²) in [5, 5.41) is 3.51. The van der Waals surface area contributed by atoms with Crippen molar-refractivity contribution in [1.29, 1.82) is 0 Å². The first-order valence-corrected chi connectivity index (χ1v) is 7.73. The Morgan fingerprint density at radius 2 is 1.85 bits per heavy atom. The zero-order valence-corrected chi connectivity index (χ0v) is 13.5. The van der Waals surface area contributed by atoms with Crippen LogP contribution in [0, 0.1) is 11.8 Å². The van der Waals surface area contributed by atoms with Crippen LogP contribution in [0.5, 0.6) is 0 Å². The highest BCUT2D eigenvalue weighted by atomic mass is 19.4. The van der Waals surface area contributed by atoms with Crippen molar-refractivity contribution in [3.05, 3.63) is 77.5 Å². The smallest absolute Gasteiger partial charge is 0.340 e. The van der Waals surface area contributed by atoms with E-state index in [4.69, 9.17) is 0 Å². The van der Waals surface area contributed by atoms with E-state index in [0.29, 0.717) is 5.52 Å². The Bertz CT molecular complexity index is 1020. The maximum atomic E-state index is 12.6. The molecule has 26 heavy (non-hydrogen) atoms. The van der Waals surface area contributed by atoms with Gasteiger partial charge in [0.05, 0.1) is 17.6 Å². The monoisotopic (exact) mass is 354 g/mol. The number of aromatic nitrogens is 1. The quantitative estimate of drug-likeness (QED) is 0.706. The fourth-order valence-corrected chi connectivity index (χ4v) is 2.33. The van der Waals surface area contributed by atoms with Gasteiger partial charge in [-0.15, -0.1) is 0 Å². The van der Waals surface area contributed by atoms with Crippen molar-refractivity contribution in [3.8, 4) is 11.8 Å². The lowest BCUT2D eigenvalue weighted by Gasteiger charge is -2.05. The molecule has 0 aliphatic heterocycles. The summed E-state index contributed by atoms with van der Waals surface area (Å²) in [6, 6.07) is 15.6. The number of hydrogen-bond donors (Lipinski definition) is 1. The van der Waals surface area contributed by atoms with Crippen molar-refractivity contribution in [2.75, 3.05) is 6.54 Å². The van der Waals surface area contributed by atoms with Gasteiger partial charge in [-0.1, -0.05) is 42.2 Å². The predicted octanol–water partition coefficient (Wildman–Crippen LogP) is 4.04. The van der Waals surface area contributed by atoms with E-state index in [9.17, 15) is 18.0 Å². The Kier molecular flexibility index (Phi) is 4.90. The van der Waals surface area contributed by atoms with Crippen LogP contribution in [-0.2, 0) is 6.18 Å². The van der Waals surface area contributed by atoms with Crippen LogP contribution < -0.4 is 5.32 Å². The molecule has 3 rings (SSSR count). The van der Waals surface area contributed by atoms with Crippen LogP contribution in [0.1, 0.15) is 21.6 Å². The normalized spacial score (nSPS) is 10.9. The summed E-state index contributed by atoms with van der Waals surface area (Å²) in [5.74, 6) is 4.86. The van der Waals surface area contributed by atoms with Gasteiger partial charge in [-0.25, -0.2) is 4.98 Å². The van der Waals surface area contributed by atoms with Gasteiger partial charge < -0.3 is 5.32 Å². The molecule has 3 nitrogen and oxygen atoms in total. The number of carbonyl (C=O) groups excluding carboxylic acids is 1. The van der Waals surface area contributed by atoms with Crippen molar-refractivity contribution in [1.82, 2.24) is 10.3 Å². The molecule has 1 N–H and O–H groups in total. The molecule has 0 bridgehead atoms. The summed E-state index contributed by atoms with van der Waals surface area (Å²) in [5.41, 5.74) is 0.436. The zero-order valence-electron chi connectivity index (χ0n) is 13.5. The second kappa shape index (κ2) is 7.28. The van der Waals surface area contributed by atoms with Crippen LogP contribution >= 0.6 is 0 Å². The molecule has 1 amide bonds. The third kappa shape index (κ3) is 4.19. The molecule has 1 heterocycles. The van der Waals surface area contributed by atoms with Crippen molar-refractivity contribution in [3.63, 3.8) is 0 Å². The molecule has 3 aromatic rings. The van der Waals surface area contributed by atoms with Gasteiger partial charge in [0.15, 0.2) is 0 Å². The van der Waals surface area contributed by atoms with E-state index in [2.05, 4.69) is 22.1 Å². The van der Waals surface area contributed by atoms with Gasteiger partial charge in [-0.05, 0) is 30.3 Å². The molecule has 0 spiro atoms. The van der Waals surface area contributed by atoms with Gasteiger partial charge in [-0.3, -0.25) is 4.79 Å². The Morgan fingerprint density at radius 3 is 2.65 bits per heavy atom. The average molecular weight is 354 g/mol. The summed E-state index contributed by atoms with van der Waals surface area (Å²) in [6.07, 6.45) is -4.41. The van der Waals surface area contributed by atoms with Crippen LogP contribution in [0.15, 0.2) is 60.7 Å². The van der Waals surface area contributed by atoms with Crippen LogP contribution in [0.2, 0.25) is 0 Å². The summed E-state index contributed by atoms with van der Waals surface area (Å²) in [6.45, 7) is 0.00356. The number of carbonyl (C=O) groups is 1. The molecule has 1 aromatic heterocycles. The Balaban J connectivity index is 1.64. The number of fused-ring (bicyclic) bond motifs is 1. The molecule has 0 aliphatic carbocycles. The van der Waals surface area contributed by atoms with E-state index in [0.717, 1.165) is 17.5 Å². The maximum Gasteiger partial charge on any atom is 0.416 e. The lowest BCUT2D eigenvalue weighted by molar-refractivity contribution is -0.137. The second-order valence-electron chi connectivity index (χ2n) is 5.45. The number of benzene rings is 2. The zero-order chi connectivity index (χ0) is 18.6. The second-order valence-corrected chi connectivity index (χ2v) is 5.45. The number of hydrogen-bond acceptors (Lipinski definition) is 2. The number of pyridine rings is 1. The van der Waals surface area contributed by atoms with Gasteiger partial charge >= 0.3 is 6.18 Å². The molecule has 0 saturated carbocycles. The molecule has 0 unspecified atom stereocenters. The first-order chi connectivity index (χ1) is 12.4. The number of alkyl halides is 3. The highest BCUT2D eigenvalue weighted by molar-refractivity contribution is 5.94. The summed E-state index contributed by atoms with van der Waals surface area (Å²) in [4.78, 5) is 16.4. The molecule has 0 atom stereocenters. The van der Waals surface area contributed by atoms with Gasteiger partial charge in [0.1, 0.15) is 5.69 Å². The number of amides is 1. The summed E-state index contributed by atoms with van der Waals surface area (Å²) >= 11 is 0. The third-order valence-electron chi connectivity index (χ3n) is 3.59.